The van der Waals surface area contributed by atoms with E-state index in [1.165, 1.54) is 6.92 Å². The van der Waals surface area contributed by atoms with Gasteiger partial charge in [0.05, 0.1) is 0 Å². The van der Waals surface area contributed by atoms with Crippen LogP contribution >= 0.6 is 11.6 Å². The van der Waals surface area contributed by atoms with Crippen LogP contribution in [-0.2, 0) is 9.53 Å². The van der Waals surface area contributed by atoms with Crippen LogP contribution in [0.2, 0.25) is 5.02 Å². The zero-order chi connectivity index (χ0) is 10.6. The average molecular weight is 211 g/mol. The van der Waals surface area contributed by atoms with Crippen LogP contribution in [0.5, 0.6) is 0 Å². The largest absolute Gasteiger partial charge is 0.453 e. The summed E-state index contributed by atoms with van der Waals surface area (Å²) in [6, 6.07) is 7.10. The van der Waals surface area contributed by atoms with E-state index in [1.807, 2.05) is 0 Å². The lowest BCUT2D eigenvalue weighted by Gasteiger charge is -2.12. The first-order chi connectivity index (χ1) is 6.63. The molecular weight excluding hydrogens is 200 g/mol. The molecule has 74 valence electrons. The van der Waals surface area contributed by atoms with Gasteiger partial charge in [0.1, 0.15) is 6.10 Å². The molecule has 14 heavy (non-hydrogen) atoms. The van der Waals surface area contributed by atoms with Gasteiger partial charge in [-0.1, -0.05) is 30.3 Å². The summed E-state index contributed by atoms with van der Waals surface area (Å²) < 4.78 is 5.03. The summed E-state index contributed by atoms with van der Waals surface area (Å²) in [4.78, 5) is 10.8. The Hall–Kier alpha value is -1.28. The second-order valence-electron chi connectivity index (χ2n) is 2.82. The smallest absolute Gasteiger partial charge is 0.303 e. The molecule has 0 saturated carbocycles. The Morgan fingerprint density at radius 2 is 2.07 bits per heavy atom. The maximum atomic E-state index is 10.8. The molecule has 0 fully saturated rings. The third kappa shape index (κ3) is 2.89. The summed E-state index contributed by atoms with van der Waals surface area (Å²) in [5.41, 5.74) is 0.861. The van der Waals surface area contributed by atoms with Gasteiger partial charge < -0.3 is 4.74 Å². The fourth-order valence-corrected chi connectivity index (χ4v) is 1.21. The van der Waals surface area contributed by atoms with Crippen LogP contribution in [0.3, 0.4) is 0 Å². The Kier molecular flexibility index (Phi) is 3.72. The van der Waals surface area contributed by atoms with Crippen LogP contribution in [0.15, 0.2) is 36.9 Å². The standard InChI is InChI=1S/C11H11ClO2/c1-3-11(14-8(2)13)9-4-6-10(12)7-5-9/h3-7,11H,1H2,2H3. The number of ether oxygens (including phenoxy) is 1. The molecule has 0 aliphatic heterocycles. The zero-order valence-corrected chi connectivity index (χ0v) is 8.62. The number of rotatable bonds is 3. The van der Waals surface area contributed by atoms with Crippen molar-refractivity contribution in [2.75, 3.05) is 0 Å². The lowest BCUT2D eigenvalue weighted by atomic mass is 10.1. The molecule has 0 spiro atoms. The van der Waals surface area contributed by atoms with E-state index in [2.05, 4.69) is 6.58 Å². The molecule has 3 heteroatoms. The molecule has 0 heterocycles. The van der Waals surface area contributed by atoms with Gasteiger partial charge in [-0.3, -0.25) is 4.79 Å². The highest BCUT2D eigenvalue weighted by atomic mass is 35.5. The molecule has 1 unspecified atom stereocenters. The maximum Gasteiger partial charge on any atom is 0.303 e. The minimum absolute atomic E-state index is 0.329. The first-order valence-corrected chi connectivity index (χ1v) is 4.56. The minimum Gasteiger partial charge on any atom is -0.453 e. The number of carbonyl (C=O) groups excluding carboxylic acids is 1. The van der Waals surface area contributed by atoms with E-state index in [4.69, 9.17) is 16.3 Å². The van der Waals surface area contributed by atoms with Gasteiger partial charge in [0.2, 0.25) is 0 Å². The lowest BCUT2D eigenvalue weighted by molar-refractivity contribution is -0.144. The Labute approximate surface area is 88.1 Å². The molecule has 1 aromatic carbocycles. The summed E-state index contributed by atoms with van der Waals surface area (Å²) in [6.07, 6.45) is 1.18. The van der Waals surface area contributed by atoms with Gasteiger partial charge in [-0.25, -0.2) is 0 Å². The van der Waals surface area contributed by atoms with Crippen LogP contribution in [0.25, 0.3) is 0 Å². The van der Waals surface area contributed by atoms with Crippen molar-refractivity contribution in [2.45, 2.75) is 13.0 Å². The van der Waals surface area contributed by atoms with E-state index < -0.39 is 6.10 Å². The van der Waals surface area contributed by atoms with Crippen molar-refractivity contribution in [3.05, 3.63) is 47.5 Å². The van der Waals surface area contributed by atoms with Gasteiger partial charge in [-0.2, -0.15) is 0 Å². The van der Waals surface area contributed by atoms with E-state index in [0.717, 1.165) is 5.56 Å². The van der Waals surface area contributed by atoms with Crippen molar-refractivity contribution in [2.24, 2.45) is 0 Å². The van der Waals surface area contributed by atoms with E-state index in [1.54, 1.807) is 30.3 Å². The minimum atomic E-state index is -0.398. The Morgan fingerprint density at radius 3 is 2.50 bits per heavy atom. The predicted octanol–water partition coefficient (Wildman–Crippen LogP) is 3.13. The number of hydrogen-bond donors (Lipinski definition) is 0. The number of benzene rings is 1. The highest BCUT2D eigenvalue weighted by Gasteiger charge is 2.09. The molecule has 0 N–H and O–H groups in total. The van der Waals surface area contributed by atoms with Crippen LogP contribution < -0.4 is 0 Å². The third-order valence-corrected chi connectivity index (χ3v) is 1.96. The summed E-state index contributed by atoms with van der Waals surface area (Å²) >= 11 is 5.73. The number of carbonyl (C=O) groups is 1. The molecule has 0 amide bonds. The Balaban J connectivity index is 2.84. The Bertz CT molecular complexity index is 330. The summed E-state index contributed by atoms with van der Waals surface area (Å²) in [5, 5.41) is 0.652. The molecule has 2 nitrogen and oxygen atoms in total. The van der Waals surface area contributed by atoms with Crippen LogP contribution in [0, 0.1) is 0 Å². The van der Waals surface area contributed by atoms with Crippen LogP contribution in [0.1, 0.15) is 18.6 Å². The first-order valence-electron chi connectivity index (χ1n) is 4.18. The van der Waals surface area contributed by atoms with Gasteiger partial charge in [-0.15, -0.1) is 0 Å². The van der Waals surface area contributed by atoms with Crippen LogP contribution in [0.4, 0.5) is 0 Å². The van der Waals surface area contributed by atoms with Crippen molar-refractivity contribution < 1.29 is 9.53 Å². The SMILES string of the molecule is C=CC(OC(C)=O)c1ccc(Cl)cc1. The monoisotopic (exact) mass is 210 g/mol. The molecule has 1 atom stereocenters. The fourth-order valence-electron chi connectivity index (χ4n) is 1.08. The number of esters is 1. The molecule has 0 aliphatic rings. The number of halogens is 1. The maximum absolute atomic E-state index is 10.8. The van der Waals surface area contributed by atoms with E-state index >= 15 is 0 Å². The summed E-state index contributed by atoms with van der Waals surface area (Å²) in [6.45, 7) is 4.97. The quantitative estimate of drug-likeness (QED) is 0.566. The third-order valence-electron chi connectivity index (χ3n) is 1.71. The second kappa shape index (κ2) is 4.82. The average Bonchev–Trinajstić information content (AvgIpc) is 2.15. The lowest BCUT2D eigenvalue weighted by Crippen LogP contribution is -2.05. The van der Waals surface area contributed by atoms with Crippen molar-refractivity contribution >= 4 is 17.6 Å². The normalized spacial score (nSPS) is 11.9. The summed E-state index contributed by atoms with van der Waals surface area (Å²) in [7, 11) is 0. The van der Waals surface area contributed by atoms with E-state index in [9.17, 15) is 4.79 Å². The highest BCUT2D eigenvalue weighted by molar-refractivity contribution is 6.30. The molecule has 1 rings (SSSR count). The number of hydrogen-bond acceptors (Lipinski definition) is 2. The van der Waals surface area contributed by atoms with Crippen molar-refractivity contribution in [3.8, 4) is 0 Å². The van der Waals surface area contributed by atoms with Crippen LogP contribution in [-0.4, -0.2) is 5.97 Å². The zero-order valence-electron chi connectivity index (χ0n) is 7.87. The van der Waals surface area contributed by atoms with Gasteiger partial charge in [-0.05, 0) is 23.8 Å². The van der Waals surface area contributed by atoms with Crippen molar-refractivity contribution in [1.29, 1.82) is 0 Å². The molecule has 0 aromatic heterocycles. The van der Waals surface area contributed by atoms with Gasteiger partial charge in [0, 0.05) is 11.9 Å². The van der Waals surface area contributed by atoms with Gasteiger partial charge >= 0.3 is 5.97 Å². The topological polar surface area (TPSA) is 26.3 Å². The second-order valence-corrected chi connectivity index (χ2v) is 3.25. The van der Waals surface area contributed by atoms with Crippen molar-refractivity contribution in [3.63, 3.8) is 0 Å². The highest BCUT2D eigenvalue weighted by Crippen LogP contribution is 2.20. The molecular formula is C11H11ClO2. The molecule has 0 aliphatic carbocycles. The first kappa shape index (κ1) is 10.8. The molecule has 1 aromatic rings. The fraction of sp³-hybridized carbons (Fsp3) is 0.182. The molecule has 0 radical (unpaired) electrons. The molecule has 0 saturated heterocycles. The van der Waals surface area contributed by atoms with Crippen molar-refractivity contribution in [1.82, 2.24) is 0 Å². The van der Waals surface area contributed by atoms with Gasteiger partial charge in [0.25, 0.3) is 0 Å². The Morgan fingerprint density at radius 1 is 1.50 bits per heavy atom. The predicted molar refractivity (Wildman–Crippen MR) is 56.2 cm³/mol. The van der Waals surface area contributed by atoms with E-state index in [0.29, 0.717) is 5.02 Å². The van der Waals surface area contributed by atoms with Gasteiger partial charge in [0.15, 0.2) is 0 Å². The summed E-state index contributed by atoms with van der Waals surface area (Å²) in [5.74, 6) is -0.329. The van der Waals surface area contributed by atoms with E-state index in [-0.39, 0.29) is 5.97 Å². The molecule has 0 bridgehead atoms.